The number of nitrogens with zero attached hydrogens (tertiary/aromatic N) is 2. The van der Waals surface area contributed by atoms with Gasteiger partial charge in [-0.05, 0) is 24.8 Å². The Kier molecular flexibility index (Phi) is 5.18. The fraction of sp³-hybridized carbons (Fsp3) is 0.421. The molecule has 0 radical (unpaired) electrons. The Morgan fingerprint density at radius 3 is 2.40 bits per heavy atom. The highest BCUT2D eigenvalue weighted by Crippen LogP contribution is 2.26. The van der Waals surface area contributed by atoms with Gasteiger partial charge in [0.1, 0.15) is 5.01 Å². The zero-order chi connectivity index (χ0) is 18.0. The van der Waals surface area contributed by atoms with Crippen molar-refractivity contribution in [2.75, 3.05) is 13.1 Å². The minimum absolute atomic E-state index is 0.140. The zero-order valence-corrected chi connectivity index (χ0v) is 15.5. The van der Waals surface area contributed by atoms with E-state index >= 15 is 0 Å². The van der Waals surface area contributed by atoms with Crippen molar-refractivity contribution in [2.24, 2.45) is 0 Å². The highest BCUT2D eigenvalue weighted by atomic mass is 32.1. The van der Waals surface area contributed by atoms with Gasteiger partial charge in [0.2, 0.25) is 0 Å². The Balaban J connectivity index is 1.65. The number of hydrogen-bond donors (Lipinski definition) is 0. The number of hydrogen-bond acceptors (Lipinski definition) is 5. The normalized spacial score (nSPS) is 15.0. The standard InChI is InChI=1S/C19H22N2O3S/c1-12(2)14-5-7-15(8-6-14)17-20-16(11-25-17)19(23)24-13(3)18(22)21-9-4-10-21/h5-8,11-13H,4,9-10H2,1-3H3. The zero-order valence-electron chi connectivity index (χ0n) is 14.7. The molecule has 1 aromatic heterocycles. The van der Waals surface area contributed by atoms with E-state index in [4.69, 9.17) is 4.74 Å². The lowest BCUT2D eigenvalue weighted by molar-refractivity contribution is -0.143. The average Bonchev–Trinajstić information content (AvgIpc) is 3.03. The molecule has 2 heterocycles. The summed E-state index contributed by atoms with van der Waals surface area (Å²) in [7, 11) is 0. The monoisotopic (exact) mass is 358 g/mol. The second-order valence-corrected chi connectivity index (χ2v) is 7.40. The summed E-state index contributed by atoms with van der Waals surface area (Å²) in [6.07, 6.45) is 0.237. The van der Waals surface area contributed by atoms with E-state index in [-0.39, 0.29) is 11.6 Å². The van der Waals surface area contributed by atoms with Crippen LogP contribution in [0, 0.1) is 0 Å². The predicted molar refractivity (Wildman–Crippen MR) is 97.7 cm³/mol. The third-order valence-electron chi connectivity index (χ3n) is 4.34. The van der Waals surface area contributed by atoms with Gasteiger partial charge in [0.15, 0.2) is 11.8 Å². The van der Waals surface area contributed by atoms with Crippen molar-refractivity contribution in [2.45, 2.75) is 39.2 Å². The van der Waals surface area contributed by atoms with Gasteiger partial charge in [-0.1, -0.05) is 38.1 Å². The van der Waals surface area contributed by atoms with Gasteiger partial charge >= 0.3 is 5.97 Å². The van der Waals surface area contributed by atoms with E-state index in [0.717, 1.165) is 30.1 Å². The van der Waals surface area contributed by atoms with E-state index in [1.807, 2.05) is 12.1 Å². The summed E-state index contributed by atoms with van der Waals surface area (Å²) in [5, 5.41) is 2.44. The van der Waals surface area contributed by atoms with Gasteiger partial charge in [0.25, 0.3) is 5.91 Å². The summed E-state index contributed by atoms with van der Waals surface area (Å²) in [4.78, 5) is 30.3. The summed E-state index contributed by atoms with van der Waals surface area (Å²) in [5.74, 6) is -0.219. The smallest absolute Gasteiger partial charge is 0.358 e. The molecule has 1 unspecified atom stereocenters. The largest absolute Gasteiger partial charge is 0.448 e. The number of rotatable bonds is 5. The maximum Gasteiger partial charge on any atom is 0.358 e. The maximum absolute atomic E-state index is 12.2. The highest BCUT2D eigenvalue weighted by molar-refractivity contribution is 7.13. The van der Waals surface area contributed by atoms with Crippen LogP contribution >= 0.6 is 11.3 Å². The van der Waals surface area contributed by atoms with E-state index in [9.17, 15) is 9.59 Å². The van der Waals surface area contributed by atoms with Crippen LogP contribution in [0.5, 0.6) is 0 Å². The third kappa shape index (κ3) is 3.90. The van der Waals surface area contributed by atoms with Gasteiger partial charge < -0.3 is 9.64 Å². The molecule has 1 aliphatic heterocycles. The summed E-state index contributed by atoms with van der Waals surface area (Å²) >= 11 is 1.40. The van der Waals surface area contributed by atoms with Crippen molar-refractivity contribution < 1.29 is 14.3 Å². The number of carbonyl (C=O) groups excluding carboxylic acids is 2. The van der Waals surface area contributed by atoms with Gasteiger partial charge in [-0.25, -0.2) is 9.78 Å². The number of ether oxygens (including phenoxy) is 1. The number of likely N-dealkylation sites (tertiary alicyclic amines) is 1. The first kappa shape index (κ1) is 17.6. The fourth-order valence-electron chi connectivity index (χ4n) is 2.58. The molecule has 0 saturated carbocycles. The highest BCUT2D eigenvalue weighted by Gasteiger charge is 2.28. The van der Waals surface area contributed by atoms with Crippen LogP contribution in [0.4, 0.5) is 0 Å². The fourth-order valence-corrected chi connectivity index (χ4v) is 3.37. The first-order valence-electron chi connectivity index (χ1n) is 8.51. The molecule has 2 aromatic rings. The molecule has 1 atom stereocenters. The van der Waals surface area contributed by atoms with Crippen LogP contribution in [0.1, 0.15) is 49.2 Å². The minimum atomic E-state index is -0.775. The van der Waals surface area contributed by atoms with Gasteiger partial charge in [-0.3, -0.25) is 4.79 Å². The van der Waals surface area contributed by atoms with Gasteiger partial charge in [-0.2, -0.15) is 0 Å². The van der Waals surface area contributed by atoms with Crippen LogP contribution in [-0.4, -0.2) is 41.0 Å². The molecule has 0 N–H and O–H groups in total. The molecular weight excluding hydrogens is 336 g/mol. The molecule has 1 aromatic carbocycles. The molecule has 1 amide bonds. The molecule has 132 valence electrons. The maximum atomic E-state index is 12.2. The summed E-state index contributed by atoms with van der Waals surface area (Å²) in [6, 6.07) is 8.18. The van der Waals surface area contributed by atoms with Crippen molar-refractivity contribution in [1.29, 1.82) is 0 Å². The molecular formula is C19H22N2O3S. The van der Waals surface area contributed by atoms with E-state index in [1.165, 1.54) is 16.9 Å². The lowest BCUT2D eigenvalue weighted by Gasteiger charge is -2.32. The van der Waals surface area contributed by atoms with Crippen LogP contribution in [0.15, 0.2) is 29.6 Å². The summed E-state index contributed by atoms with van der Waals surface area (Å²) < 4.78 is 5.27. The molecule has 6 heteroatoms. The Morgan fingerprint density at radius 2 is 1.84 bits per heavy atom. The molecule has 0 spiro atoms. The number of esters is 1. The number of benzene rings is 1. The first-order chi connectivity index (χ1) is 12.0. The average molecular weight is 358 g/mol. The second kappa shape index (κ2) is 7.35. The van der Waals surface area contributed by atoms with Gasteiger partial charge in [-0.15, -0.1) is 11.3 Å². The topological polar surface area (TPSA) is 59.5 Å². The number of thiazole rings is 1. The van der Waals surface area contributed by atoms with Gasteiger partial charge in [0.05, 0.1) is 0 Å². The minimum Gasteiger partial charge on any atom is -0.448 e. The number of aromatic nitrogens is 1. The summed E-state index contributed by atoms with van der Waals surface area (Å²) in [5.41, 5.74) is 2.48. The van der Waals surface area contributed by atoms with E-state index < -0.39 is 12.1 Å². The van der Waals surface area contributed by atoms with Crippen LogP contribution in [0.3, 0.4) is 0 Å². The second-order valence-electron chi connectivity index (χ2n) is 6.54. The van der Waals surface area contributed by atoms with Crippen molar-refractivity contribution in [1.82, 2.24) is 9.88 Å². The van der Waals surface area contributed by atoms with Crippen molar-refractivity contribution >= 4 is 23.2 Å². The van der Waals surface area contributed by atoms with Crippen molar-refractivity contribution in [3.8, 4) is 10.6 Å². The van der Waals surface area contributed by atoms with E-state index in [2.05, 4.69) is 31.0 Å². The van der Waals surface area contributed by atoms with Crippen LogP contribution < -0.4 is 0 Å². The first-order valence-corrected chi connectivity index (χ1v) is 9.39. The molecule has 3 rings (SSSR count). The van der Waals surface area contributed by atoms with Crippen LogP contribution in [0.2, 0.25) is 0 Å². The Hall–Kier alpha value is -2.21. The molecule has 1 saturated heterocycles. The van der Waals surface area contributed by atoms with E-state index in [1.54, 1.807) is 17.2 Å². The van der Waals surface area contributed by atoms with Crippen LogP contribution in [-0.2, 0) is 9.53 Å². The lowest BCUT2D eigenvalue weighted by Crippen LogP contribution is -2.47. The molecule has 0 bridgehead atoms. The molecule has 0 aliphatic carbocycles. The molecule has 1 fully saturated rings. The quantitative estimate of drug-likeness (QED) is 0.765. The lowest BCUT2D eigenvalue weighted by atomic mass is 10.0. The number of amides is 1. The SMILES string of the molecule is CC(OC(=O)c1csc(-c2ccc(C(C)C)cc2)n1)C(=O)N1CCC1. The van der Waals surface area contributed by atoms with Crippen LogP contribution in [0.25, 0.3) is 10.6 Å². The van der Waals surface area contributed by atoms with Crippen molar-refractivity contribution in [3.05, 3.63) is 40.9 Å². The number of carbonyl (C=O) groups is 2. The molecule has 5 nitrogen and oxygen atoms in total. The molecule has 25 heavy (non-hydrogen) atoms. The third-order valence-corrected chi connectivity index (χ3v) is 5.23. The van der Waals surface area contributed by atoms with Gasteiger partial charge in [0, 0.05) is 24.0 Å². The Bertz CT molecular complexity index is 763. The molecule has 1 aliphatic rings. The Labute approximate surface area is 151 Å². The van der Waals surface area contributed by atoms with Crippen molar-refractivity contribution in [3.63, 3.8) is 0 Å². The summed E-state index contributed by atoms with van der Waals surface area (Å²) in [6.45, 7) is 7.39. The predicted octanol–water partition coefficient (Wildman–Crippen LogP) is 3.71. The van der Waals surface area contributed by atoms with E-state index in [0.29, 0.717) is 5.92 Å². The Morgan fingerprint density at radius 1 is 1.16 bits per heavy atom.